The predicted octanol–water partition coefficient (Wildman–Crippen LogP) is 0.804. The smallest absolute Gasteiger partial charge is 0.0712 e. The van der Waals surface area contributed by atoms with Crippen LogP contribution in [-0.4, -0.2) is 0 Å². The Morgan fingerprint density at radius 1 is 1.67 bits per heavy atom. The van der Waals surface area contributed by atoms with Crippen LogP contribution in [-0.2, 0) is 0 Å². The van der Waals surface area contributed by atoms with E-state index in [-0.39, 0.29) is 0 Å². The van der Waals surface area contributed by atoms with E-state index in [1.807, 2.05) is 0 Å². The molecule has 6 heavy (non-hydrogen) atoms. The molecule has 0 nitrogen and oxygen atoms in total. The van der Waals surface area contributed by atoms with Crippen molar-refractivity contribution >= 4 is 0 Å². The lowest BCUT2D eigenvalue weighted by atomic mass is 10.4. The molecule has 0 aliphatic rings. The van der Waals surface area contributed by atoms with Crippen LogP contribution in [0.2, 0.25) is 0 Å². The summed E-state index contributed by atoms with van der Waals surface area (Å²) in [5.74, 6) is 7.03. The third kappa shape index (κ3) is 3.12. The zero-order chi connectivity index (χ0) is 4.83. The van der Waals surface area contributed by atoms with Crippen molar-refractivity contribution in [2.75, 3.05) is 0 Å². The van der Waals surface area contributed by atoms with Gasteiger partial charge in [0.2, 0.25) is 0 Å². The summed E-state index contributed by atoms with van der Waals surface area (Å²) in [6, 6.07) is 0. The van der Waals surface area contributed by atoms with Gasteiger partial charge in [-0.15, -0.1) is 5.92 Å². The van der Waals surface area contributed by atoms with Gasteiger partial charge in [0.25, 0.3) is 0 Å². The number of hydrogen-bond acceptors (Lipinski definition) is 0. The summed E-state index contributed by atoms with van der Waals surface area (Å²) in [7, 11) is 0. The molecular formula is C6H4. The first-order valence-electron chi connectivity index (χ1n) is 1.56. The van der Waals surface area contributed by atoms with Gasteiger partial charge in [0, 0.05) is 6.92 Å². The van der Waals surface area contributed by atoms with Crippen molar-refractivity contribution in [3.63, 3.8) is 0 Å². The third-order valence-corrected chi connectivity index (χ3v) is 0.302. The lowest BCUT2D eigenvalue weighted by molar-refractivity contribution is 1.56. The minimum absolute atomic E-state index is 0.406. The van der Waals surface area contributed by atoms with Gasteiger partial charge in [0.15, 0.2) is 0 Å². The minimum Gasteiger partial charge on any atom is -0.101 e. The van der Waals surface area contributed by atoms with Crippen LogP contribution in [0, 0.1) is 31.1 Å². The second kappa shape index (κ2) is 4.12. The molecule has 0 amide bonds. The summed E-state index contributed by atoms with van der Waals surface area (Å²) in [5, 5.41) is 0. The van der Waals surface area contributed by atoms with Gasteiger partial charge in [-0.05, 0) is 6.42 Å². The van der Waals surface area contributed by atoms with Crippen molar-refractivity contribution < 1.29 is 0 Å². The Morgan fingerprint density at radius 3 is 2.50 bits per heavy atom. The molecule has 0 unspecified atom stereocenters. The molecule has 0 aromatic rings. The quantitative estimate of drug-likeness (QED) is 0.374. The molecule has 0 atom stereocenters. The molecule has 0 N–H and O–H groups in total. The normalized spacial score (nSPS) is 4.67. The monoisotopic (exact) mass is 76.0 g/mol. The van der Waals surface area contributed by atoms with Crippen molar-refractivity contribution in [1.82, 2.24) is 0 Å². The molecule has 0 aliphatic carbocycles. The van der Waals surface area contributed by atoms with Crippen LogP contribution in [0.1, 0.15) is 6.42 Å². The summed E-state index contributed by atoms with van der Waals surface area (Å²) in [5.41, 5.74) is 0. The average Bonchev–Trinajstić information content (AvgIpc) is 1.61. The van der Waals surface area contributed by atoms with Crippen LogP contribution in [0.5, 0.6) is 0 Å². The molecule has 0 aliphatic heterocycles. The summed E-state index contributed by atoms with van der Waals surface area (Å²) < 4.78 is 0. The molecule has 0 aromatic carbocycles. The molecule has 0 saturated carbocycles. The van der Waals surface area contributed by atoms with Gasteiger partial charge in [-0.3, -0.25) is 0 Å². The van der Waals surface area contributed by atoms with Crippen LogP contribution < -0.4 is 0 Å². The van der Waals surface area contributed by atoms with E-state index in [1.165, 1.54) is 0 Å². The predicted molar refractivity (Wildman–Crippen MR) is 24.9 cm³/mol. The Labute approximate surface area is 38.6 Å². The van der Waals surface area contributed by atoms with Crippen LogP contribution in [0.25, 0.3) is 0 Å². The Morgan fingerprint density at radius 2 is 2.33 bits per heavy atom. The molecular weight excluding hydrogens is 72.1 g/mol. The van der Waals surface area contributed by atoms with Crippen molar-refractivity contribution in [3.05, 3.63) is 13.3 Å². The fraction of sp³-hybridized carbons (Fsp3) is 0.167. The second-order valence-electron chi connectivity index (χ2n) is 0.707. The molecule has 0 rings (SSSR count). The summed E-state index contributed by atoms with van der Waals surface area (Å²) >= 11 is 0. The van der Waals surface area contributed by atoms with Crippen LogP contribution in [0.15, 0.2) is 0 Å². The summed E-state index contributed by atoms with van der Waals surface area (Å²) in [6.07, 6.45) is 6.73. The van der Waals surface area contributed by atoms with Gasteiger partial charge in [-0.25, -0.2) is 0 Å². The molecule has 0 spiro atoms. The number of hydrogen-bond donors (Lipinski definition) is 0. The molecule has 0 saturated heterocycles. The lowest BCUT2D eigenvalue weighted by Gasteiger charge is -1.59. The Kier molecular flexibility index (Phi) is 3.52. The van der Waals surface area contributed by atoms with Gasteiger partial charge in [0.05, 0.1) is 6.42 Å². The highest BCUT2D eigenvalue weighted by Crippen LogP contribution is 1.63. The van der Waals surface area contributed by atoms with E-state index < -0.39 is 0 Å². The highest BCUT2D eigenvalue weighted by molar-refractivity contribution is 5.07. The molecule has 0 fully saturated rings. The first-order valence-corrected chi connectivity index (χ1v) is 1.56. The van der Waals surface area contributed by atoms with E-state index >= 15 is 0 Å². The van der Waals surface area contributed by atoms with E-state index in [0.717, 1.165) is 0 Å². The zero-order valence-electron chi connectivity index (χ0n) is 3.41. The fourth-order valence-corrected chi connectivity index (χ4v) is 0.107. The Hall–Kier alpha value is -0.880. The van der Waals surface area contributed by atoms with Crippen LogP contribution in [0.4, 0.5) is 0 Å². The van der Waals surface area contributed by atoms with Crippen molar-refractivity contribution in [1.29, 1.82) is 0 Å². The van der Waals surface area contributed by atoms with Gasteiger partial charge in [-0.1, -0.05) is 11.8 Å². The Balaban J connectivity index is 3.07. The molecule has 0 bridgehead atoms. The molecule has 0 aromatic heterocycles. The molecule has 28 valence electrons. The topological polar surface area (TPSA) is 0 Å². The van der Waals surface area contributed by atoms with Crippen molar-refractivity contribution in [2.24, 2.45) is 0 Å². The maximum Gasteiger partial charge on any atom is 0.0712 e. The van der Waals surface area contributed by atoms with E-state index in [2.05, 4.69) is 24.7 Å². The standard InChI is InChI=1S/C6H4/c1-3-5-6-4-2/h1,6H2. The maximum absolute atomic E-state index is 6.33. The average molecular weight is 76.1 g/mol. The van der Waals surface area contributed by atoms with Crippen molar-refractivity contribution in [3.8, 4) is 17.8 Å². The highest BCUT2D eigenvalue weighted by atomic mass is 13.6. The SMILES string of the molecule is [C]#CCC#C[CH2]. The maximum atomic E-state index is 6.33. The largest absolute Gasteiger partial charge is 0.101 e. The van der Waals surface area contributed by atoms with Gasteiger partial charge in [-0.2, -0.15) is 0 Å². The first kappa shape index (κ1) is 5.12. The zero-order valence-corrected chi connectivity index (χ0v) is 3.41. The highest BCUT2D eigenvalue weighted by Gasteiger charge is 1.55. The van der Waals surface area contributed by atoms with Crippen LogP contribution >= 0.6 is 0 Å². The second-order valence-corrected chi connectivity index (χ2v) is 0.707. The fourth-order valence-electron chi connectivity index (χ4n) is 0.107. The summed E-state index contributed by atoms with van der Waals surface area (Å²) in [6.45, 7) is 3.24. The van der Waals surface area contributed by atoms with Crippen LogP contribution in [0.3, 0.4) is 0 Å². The third-order valence-electron chi connectivity index (χ3n) is 0.302. The lowest BCUT2D eigenvalue weighted by Crippen LogP contribution is -1.51. The first-order chi connectivity index (χ1) is 2.91. The van der Waals surface area contributed by atoms with E-state index in [9.17, 15) is 0 Å². The minimum atomic E-state index is 0.406. The van der Waals surface area contributed by atoms with Gasteiger partial charge < -0.3 is 0 Å². The van der Waals surface area contributed by atoms with Gasteiger partial charge in [0.1, 0.15) is 0 Å². The summed E-state index contributed by atoms with van der Waals surface area (Å²) in [4.78, 5) is 0. The molecule has 0 heteroatoms. The molecule has 2 radical (unpaired) electrons. The molecule has 0 heterocycles. The van der Waals surface area contributed by atoms with Gasteiger partial charge >= 0.3 is 0 Å². The van der Waals surface area contributed by atoms with Crippen molar-refractivity contribution in [2.45, 2.75) is 6.42 Å². The van der Waals surface area contributed by atoms with E-state index in [4.69, 9.17) is 6.42 Å². The van der Waals surface area contributed by atoms with E-state index in [0.29, 0.717) is 6.42 Å². The Bertz CT molecular complexity index is 104. The number of rotatable bonds is 0. The van der Waals surface area contributed by atoms with E-state index in [1.54, 1.807) is 0 Å².